The zero-order chi connectivity index (χ0) is 18.0. The first-order valence-corrected chi connectivity index (χ1v) is 8.36. The van der Waals surface area contributed by atoms with Gasteiger partial charge >= 0.3 is 0 Å². The molecule has 2 N–H and O–H groups in total. The van der Waals surface area contributed by atoms with Gasteiger partial charge in [-0.3, -0.25) is 0 Å². The third kappa shape index (κ3) is 3.21. The predicted molar refractivity (Wildman–Crippen MR) is 96.8 cm³/mol. The Kier molecular flexibility index (Phi) is 4.71. The fourth-order valence-corrected chi connectivity index (χ4v) is 3.77. The lowest BCUT2D eigenvalue weighted by Gasteiger charge is -2.39. The minimum Gasteiger partial charge on any atom is -0.497 e. The van der Waals surface area contributed by atoms with E-state index in [4.69, 9.17) is 4.74 Å². The Morgan fingerprint density at radius 1 is 1.24 bits per heavy atom. The van der Waals surface area contributed by atoms with Crippen LogP contribution in [0.5, 0.6) is 5.75 Å². The molecule has 5 nitrogen and oxygen atoms in total. The second kappa shape index (κ2) is 6.79. The normalized spacial score (nSPS) is 25.9. The molecule has 0 unspecified atom stereocenters. The molecular formula is C19H20N3O2S+. The molecule has 0 radical (unpaired) electrons. The molecule has 0 spiro atoms. The van der Waals surface area contributed by atoms with Crippen molar-refractivity contribution in [2.45, 2.75) is 24.6 Å². The maximum absolute atomic E-state index is 11.1. The minimum absolute atomic E-state index is 0.355. The number of pyridine rings is 1. The number of hydrogen-bond donors (Lipinski definition) is 3. The molecule has 0 saturated heterocycles. The number of nitrogens with one attached hydrogen (secondary N) is 1. The van der Waals surface area contributed by atoms with Gasteiger partial charge in [0, 0.05) is 12.1 Å². The second-order valence-electron chi connectivity index (χ2n) is 6.16. The van der Waals surface area contributed by atoms with Crippen LogP contribution in [0.2, 0.25) is 0 Å². The van der Waals surface area contributed by atoms with Crippen molar-refractivity contribution in [1.82, 2.24) is 5.32 Å². The SMILES string of the molecule is COc1ccc([C@H]2C(C#N)=C(S)N[C@](C)(O)[C@@H]2[n+]2ccccc2)cc1. The topological polar surface area (TPSA) is 69.2 Å². The first kappa shape index (κ1) is 17.3. The summed E-state index contributed by atoms with van der Waals surface area (Å²) in [5, 5.41) is 24.1. The summed E-state index contributed by atoms with van der Waals surface area (Å²) in [7, 11) is 1.61. The van der Waals surface area contributed by atoms with Crippen molar-refractivity contribution in [3.63, 3.8) is 0 Å². The van der Waals surface area contributed by atoms with Gasteiger partial charge in [-0.25, -0.2) is 0 Å². The van der Waals surface area contributed by atoms with Crippen molar-refractivity contribution in [2.75, 3.05) is 7.11 Å². The number of ether oxygens (including phenoxy) is 1. The predicted octanol–water partition coefficient (Wildman–Crippen LogP) is 2.28. The van der Waals surface area contributed by atoms with Crippen LogP contribution in [0.3, 0.4) is 0 Å². The molecule has 128 valence electrons. The van der Waals surface area contributed by atoms with Gasteiger partial charge in [0.15, 0.2) is 18.1 Å². The van der Waals surface area contributed by atoms with Crippen molar-refractivity contribution in [3.8, 4) is 11.8 Å². The lowest BCUT2D eigenvalue weighted by molar-refractivity contribution is -0.741. The van der Waals surface area contributed by atoms with Crippen LogP contribution in [0.15, 0.2) is 65.5 Å². The molecule has 1 aliphatic rings. The van der Waals surface area contributed by atoms with Crippen molar-refractivity contribution < 1.29 is 14.4 Å². The molecule has 0 bridgehead atoms. The highest BCUT2D eigenvalue weighted by atomic mass is 32.1. The van der Waals surface area contributed by atoms with E-state index >= 15 is 0 Å². The largest absolute Gasteiger partial charge is 0.497 e. The van der Waals surface area contributed by atoms with Gasteiger partial charge < -0.3 is 15.2 Å². The number of nitriles is 1. The van der Waals surface area contributed by atoms with E-state index in [9.17, 15) is 10.4 Å². The summed E-state index contributed by atoms with van der Waals surface area (Å²) >= 11 is 4.40. The van der Waals surface area contributed by atoms with Crippen molar-refractivity contribution in [2.24, 2.45) is 0 Å². The number of aromatic nitrogens is 1. The highest BCUT2D eigenvalue weighted by Gasteiger charge is 2.51. The molecular weight excluding hydrogens is 334 g/mol. The number of nitrogens with zero attached hydrogens (tertiary/aromatic N) is 2. The Labute approximate surface area is 152 Å². The summed E-state index contributed by atoms with van der Waals surface area (Å²) in [6.45, 7) is 1.69. The summed E-state index contributed by atoms with van der Waals surface area (Å²) in [6, 6.07) is 15.1. The van der Waals surface area contributed by atoms with Crippen LogP contribution in [0.1, 0.15) is 24.4 Å². The maximum atomic E-state index is 11.1. The van der Waals surface area contributed by atoms with E-state index in [0.29, 0.717) is 10.6 Å². The van der Waals surface area contributed by atoms with Gasteiger partial charge in [0.2, 0.25) is 6.04 Å². The van der Waals surface area contributed by atoms with Gasteiger partial charge in [-0.2, -0.15) is 9.83 Å². The standard InChI is InChI=1S/C19H19N3O2S/c1-19(23)17(22-10-4-3-5-11-22)16(15(12-20)18(25)21-19)13-6-8-14(24-2)9-7-13/h3-11,16-17,21,23H,1-2H3/p+1/t16-,17+,19+/m0/s1. The number of rotatable bonds is 3. The Hall–Kier alpha value is -2.49. The van der Waals surface area contributed by atoms with Crippen LogP contribution < -0.4 is 14.6 Å². The fourth-order valence-electron chi connectivity index (χ4n) is 3.35. The quantitative estimate of drug-likeness (QED) is 0.584. The van der Waals surface area contributed by atoms with E-state index in [1.807, 2.05) is 59.4 Å². The summed E-state index contributed by atoms with van der Waals surface area (Å²) in [6.07, 6.45) is 3.77. The Balaban J connectivity index is 2.19. The number of methoxy groups -OCH3 is 1. The van der Waals surface area contributed by atoms with Crippen LogP contribution >= 0.6 is 12.6 Å². The average molecular weight is 354 g/mol. The van der Waals surface area contributed by atoms with Crippen LogP contribution in [0.4, 0.5) is 0 Å². The summed E-state index contributed by atoms with van der Waals surface area (Å²) in [5.74, 6) is 0.383. The first-order chi connectivity index (χ1) is 12.0. The van der Waals surface area contributed by atoms with Gasteiger partial charge in [0.05, 0.1) is 29.7 Å². The molecule has 1 aliphatic heterocycles. The number of thiol groups is 1. The first-order valence-electron chi connectivity index (χ1n) is 7.91. The summed E-state index contributed by atoms with van der Waals surface area (Å²) in [5.41, 5.74) is 0.113. The molecule has 1 aromatic heterocycles. The molecule has 0 amide bonds. The van der Waals surface area contributed by atoms with Gasteiger partial charge in [-0.15, -0.1) is 12.6 Å². The number of allylic oxidation sites excluding steroid dienone is 1. The third-order valence-corrected chi connectivity index (χ3v) is 4.84. The van der Waals surface area contributed by atoms with Crippen LogP contribution in [0.25, 0.3) is 0 Å². The van der Waals surface area contributed by atoms with Gasteiger partial charge in [-0.1, -0.05) is 18.2 Å². The lowest BCUT2D eigenvalue weighted by atomic mass is 9.78. The van der Waals surface area contributed by atoms with Crippen LogP contribution in [0, 0.1) is 11.3 Å². The van der Waals surface area contributed by atoms with E-state index in [0.717, 1.165) is 11.3 Å². The molecule has 3 atom stereocenters. The number of aliphatic hydroxyl groups is 1. The molecule has 0 fully saturated rings. The van der Waals surface area contributed by atoms with Crippen molar-refractivity contribution in [1.29, 1.82) is 5.26 Å². The van der Waals surface area contributed by atoms with E-state index < -0.39 is 11.8 Å². The lowest BCUT2D eigenvalue weighted by Crippen LogP contribution is -2.62. The van der Waals surface area contributed by atoms with E-state index in [1.165, 1.54) is 0 Å². The molecule has 25 heavy (non-hydrogen) atoms. The molecule has 0 saturated carbocycles. The Morgan fingerprint density at radius 3 is 2.44 bits per heavy atom. The maximum Gasteiger partial charge on any atom is 0.216 e. The van der Waals surface area contributed by atoms with Crippen LogP contribution in [-0.2, 0) is 0 Å². The smallest absolute Gasteiger partial charge is 0.216 e. The second-order valence-corrected chi connectivity index (χ2v) is 6.61. The Morgan fingerprint density at radius 2 is 1.88 bits per heavy atom. The van der Waals surface area contributed by atoms with E-state index in [1.54, 1.807) is 14.0 Å². The summed E-state index contributed by atoms with van der Waals surface area (Å²) in [4.78, 5) is 0. The molecule has 6 heteroatoms. The number of benzene rings is 1. The van der Waals surface area contributed by atoms with Crippen molar-refractivity contribution >= 4 is 12.6 Å². The summed E-state index contributed by atoms with van der Waals surface area (Å²) < 4.78 is 7.14. The van der Waals surface area contributed by atoms with Crippen LogP contribution in [-0.4, -0.2) is 17.9 Å². The van der Waals surface area contributed by atoms with Gasteiger partial charge in [-0.05, 0) is 24.6 Å². The van der Waals surface area contributed by atoms with Gasteiger partial charge in [0.25, 0.3) is 0 Å². The molecule has 2 heterocycles. The van der Waals surface area contributed by atoms with Crippen molar-refractivity contribution in [3.05, 3.63) is 71.0 Å². The van der Waals surface area contributed by atoms with E-state index in [2.05, 4.69) is 24.0 Å². The minimum atomic E-state index is -1.28. The zero-order valence-corrected chi connectivity index (χ0v) is 14.9. The Bertz CT molecular complexity index is 826. The monoisotopic (exact) mass is 354 g/mol. The highest BCUT2D eigenvalue weighted by molar-refractivity contribution is 7.84. The average Bonchev–Trinajstić information content (AvgIpc) is 2.61. The number of hydrogen-bond acceptors (Lipinski definition) is 5. The molecule has 3 rings (SSSR count). The zero-order valence-electron chi connectivity index (χ0n) is 14.0. The fraction of sp³-hybridized carbons (Fsp3) is 0.263. The molecule has 0 aliphatic carbocycles. The highest BCUT2D eigenvalue weighted by Crippen LogP contribution is 2.43. The van der Waals surface area contributed by atoms with Gasteiger partial charge in [0.1, 0.15) is 5.75 Å². The van der Waals surface area contributed by atoms with E-state index in [-0.39, 0.29) is 5.92 Å². The third-order valence-electron chi connectivity index (χ3n) is 4.48. The molecule has 2 aromatic rings. The molecule has 1 aromatic carbocycles.